The zero-order chi connectivity index (χ0) is 8.72. The van der Waals surface area contributed by atoms with Crippen molar-refractivity contribution in [1.82, 2.24) is 9.38 Å². The molecule has 62 valence electrons. The molecule has 0 unspecified atom stereocenters. The number of rotatable bonds is 0. The second kappa shape index (κ2) is 2.75. The molecule has 2 rings (SSSR count). The van der Waals surface area contributed by atoms with Crippen molar-refractivity contribution < 1.29 is 0 Å². The summed E-state index contributed by atoms with van der Waals surface area (Å²) in [6, 6.07) is 3.86. The molecule has 0 amide bonds. The summed E-state index contributed by atoms with van der Waals surface area (Å²) in [5.41, 5.74) is 1.84. The molecule has 2 aromatic heterocycles. The number of nitrogens with zero attached hydrogens (tertiary/aromatic N) is 2. The van der Waals surface area contributed by atoms with E-state index in [1.165, 1.54) is 0 Å². The maximum atomic E-state index is 5.86. The van der Waals surface area contributed by atoms with Crippen molar-refractivity contribution in [3.63, 3.8) is 0 Å². The zero-order valence-corrected chi connectivity index (χ0v) is 8.72. The van der Waals surface area contributed by atoms with Crippen LogP contribution in [0.2, 0.25) is 5.15 Å². The number of hydrogen-bond donors (Lipinski definition) is 0. The summed E-state index contributed by atoms with van der Waals surface area (Å²) in [6.07, 6.45) is 1.95. The van der Waals surface area contributed by atoms with Crippen molar-refractivity contribution in [3.05, 3.63) is 33.6 Å². The van der Waals surface area contributed by atoms with Crippen molar-refractivity contribution in [1.29, 1.82) is 0 Å². The molecule has 0 aliphatic rings. The zero-order valence-electron chi connectivity index (χ0n) is 6.38. The van der Waals surface area contributed by atoms with Crippen LogP contribution in [0.15, 0.2) is 22.8 Å². The van der Waals surface area contributed by atoms with Gasteiger partial charge >= 0.3 is 0 Å². The number of hydrogen-bond acceptors (Lipinski definition) is 1. The highest BCUT2D eigenvalue weighted by molar-refractivity contribution is 9.10. The fraction of sp³-hybridized carbons (Fsp3) is 0.125. The van der Waals surface area contributed by atoms with Gasteiger partial charge in [-0.05, 0) is 35.0 Å². The van der Waals surface area contributed by atoms with E-state index in [0.29, 0.717) is 5.15 Å². The van der Waals surface area contributed by atoms with E-state index in [0.717, 1.165) is 15.8 Å². The third kappa shape index (κ3) is 1.13. The maximum absolute atomic E-state index is 5.86. The fourth-order valence-corrected chi connectivity index (χ4v) is 1.62. The summed E-state index contributed by atoms with van der Waals surface area (Å²) in [5, 5.41) is 0.563. The summed E-state index contributed by atoms with van der Waals surface area (Å²) >= 11 is 9.24. The first kappa shape index (κ1) is 8.08. The quantitative estimate of drug-likeness (QED) is 0.697. The average Bonchev–Trinajstić information content (AvgIpc) is 2.31. The van der Waals surface area contributed by atoms with Gasteiger partial charge in [0.2, 0.25) is 0 Å². The van der Waals surface area contributed by atoms with E-state index in [9.17, 15) is 0 Å². The molecule has 0 fully saturated rings. The predicted octanol–water partition coefficient (Wildman–Crippen LogP) is 3.06. The van der Waals surface area contributed by atoms with E-state index >= 15 is 0 Å². The molecule has 0 aromatic carbocycles. The SMILES string of the molecule is Cc1c(Cl)nc2ccc(Br)cn12. The highest BCUT2D eigenvalue weighted by Crippen LogP contribution is 2.19. The van der Waals surface area contributed by atoms with Gasteiger partial charge in [-0.2, -0.15) is 0 Å². The predicted molar refractivity (Wildman–Crippen MR) is 52.6 cm³/mol. The third-order valence-corrected chi connectivity index (χ3v) is 2.59. The van der Waals surface area contributed by atoms with Gasteiger partial charge in [-0.1, -0.05) is 11.6 Å². The van der Waals surface area contributed by atoms with Gasteiger partial charge < -0.3 is 4.40 Å². The Morgan fingerprint density at radius 2 is 2.25 bits per heavy atom. The van der Waals surface area contributed by atoms with Gasteiger partial charge in [-0.3, -0.25) is 0 Å². The molecule has 4 heteroatoms. The Balaban J connectivity index is 2.88. The minimum absolute atomic E-state index is 0.563. The number of pyridine rings is 1. The van der Waals surface area contributed by atoms with E-state index in [-0.39, 0.29) is 0 Å². The lowest BCUT2D eigenvalue weighted by Gasteiger charge is -1.95. The molecule has 2 heterocycles. The summed E-state index contributed by atoms with van der Waals surface area (Å²) in [6.45, 7) is 1.94. The fourth-order valence-electron chi connectivity index (χ4n) is 1.11. The monoisotopic (exact) mass is 244 g/mol. The van der Waals surface area contributed by atoms with Gasteiger partial charge in [0.05, 0.1) is 5.69 Å². The van der Waals surface area contributed by atoms with Crippen LogP contribution < -0.4 is 0 Å². The molecule has 2 aromatic rings. The molecule has 12 heavy (non-hydrogen) atoms. The number of aryl methyl sites for hydroxylation is 1. The van der Waals surface area contributed by atoms with Gasteiger partial charge in [0.25, 0.3) is 0 Å². The van der Waals surface area contributed by atoms with Crippen molar-refractivity contribution in [2.24, 2.45) is 0 Å². The average molecular weight is 246 g/mol. The molecule has 0 bridgehead atoms. The molecular weight excluding hydrogens is 239 g/mol. The summed E-state index contributed by atoms with van der Waals surface area (Å²) in [7, 11) is 0. The third-order valence-electron chi connectivity index (χ3n) is 1.76. The van der Waals surface area contributed by atoms with Gasteiger partial charge in [0, 0.05) is 10.7 Å². The van der Waals surface area contributed by atoms with E-state index in [1.54, 1.807) is 0 Å². The van der Waals surface area contributed by atoms with Gasteiger partial charge in [-0.25, -0.2) is 4.98 Å². The van der Waals surface area contributed by atoms with Crippen LogP contribution in [0.3, 0.4) is 0 Å². The Kier molecular flexibility index (Phi) is 1.85. The highest BCUT2D eigenvalue weighted by atomic mass is 79.9. The lowest BCUT2D eigenvalue weighted by Crippen LogP contribution is -1.85. The van der Waals surface area contributed by atoms with E-state index in [4.69, 9.17) is 11.6 Å². The van der Waals surface area contributed by atoms with Crippen LogP contribution in [0.4, 0.5) is 0 Å². The first-order chi connectivity index (χ1) is 5.68. The molecule has 0 saturated heterocycles. The van der Waals surface area contributed by atoms with Crippen molar-refractivity contribution in [2.75, 3.05) is 0 Å². The molecule has 0 spiro atoms. The molecule has 2 nitrogen and oxygen atoms in total. The minimum atomic E-state index is 0.563. The number of aromatic nitrogens is 2. The van der Waals surface area contributed by atoms with Gasteiger partial charge in [-0.15, -0.1) is 0 Å². The second-order valence-electron chi connectivity index (χ2n) is 2.56. The van der Waals surface area contributed by atoms with E-state index in [1.807, 2.05) is 29.7 Å². The van der Waals surface area contributed by atoms with Gasteiger partial charge in [0.15, 0.2) is 5.15 Å². The Morgan fingerprint density at radius 1 is 1.50 bits per heavy atom. The van der Waals surface area contributed by atoms with Crippen molar-refractivity contribution >= 4 is 33.2 Å². The molecule has 0 N–H and O–H groups in total. The minimum Gasteiger partial charge on any atom is -0.302 e. The smallest absolute Gasteiger partial charge is 0.151 e. The molecule has 0 atom stereocenters. The van der Waals surface area contributed by atoms with Crippen LogP contribution >= 0.6 is 27.5 Å². The molecular formula is C8H6BrClN2. The molecule has 0 aliphatic carbocycles. The molecule has 0 radical (unpaired) electrons. The van der Waals surface area contributed by atoms with Crippen LogP contribution in [0.25, 0.3) is 5.65 Å². The topological polar surface area (TPSA) is 17.3 Å². The lowest BCUT2D eigenvalue weighted by atomic mass is 10.4. The summed E-state index contributed by atoms with van der Waals surface area (Å²) < 4.78 is 2.97. The standard InChI is InChI=1S/C8H6BrClN2/c1-5-8(10)11-7-3-2-6(9)4-12(5)7/h2-4H,1H3. The number of imidazole rings is 1. The molecule has 0 saturated carbocycles. The van der Waals surface area contributed by atoms with Crippen molar-refractivity contribution in [3.8, 4) is 0 Å². The number of halogens is 2. The Bertz CT molecular complexity index is 436. The van der Waals surface area contributed by atoms with Crippen LogP contribution in [-0.2, 0) is 0 Å². The normalized spacial score (nSPS) is 10.9. The largest absolute Gasteiger partial charge is 0.302 e. The first-order valence-electron chi connectivity index (χ1n) is 3.48. The number of fused-ring (bicyclic) bond motifs is 1. The Morgan fingerprint density at radius 3 is 3.00 bits per heavy atom. The Hall–Kier alpha value is -0.540. The summed E-state index contributed by atoms with van der Waals surface area (Å²) in [4.78, 5) is 4.16. The van der Waals surface area contributed by atoms with Crippen LogP contribution in [0, 0.1) is 6.92 Å². The van der Waals surface area contributed by atoms with Gasteiger partial charge in [0.1, 0.15) is 5.65 Å². The molecule has 0 aliphatic heterocycles. The second-order valence-corrected chi connectivity index (χ2v) is 3.84. The van der Waals surface area contributed by atoms with Crippen LogP contribution in [0.1, 0.15) is 5.69 Å². The maximum Gasteiger partial charge on any atom is 0.151 e. The Labute approximate surface area is 83.3 Å². The lowest BCUT2D eigenvalue weighted by molar-refractivity contribution is 1.10. The van der Waals surface area contributed by atoms with E-state index in [2.05, 4.69) is 20.9 Å². The van der Waals surface area contributed by atoms with E-state index < -0.39 is 0 Å². The highest BCUT2D eigenvalue weighted by Gasteiger charge is 2.04. The van der Waals surface area contributed by atoms with Crippen LogP contribution in [0.5, 0.6) is 0 Å². The first-order valence-corrected chi connectivity index (χ1v) is 4.65. The van der Waals surface area contributed by atoms with Crippen LogP contribution in [-0.4, -0.2) is 9.38 Å². The summed E-state index contributed by atoms with van der Waals surface area (Å²) in [5.74, 6) is 0. The van der Waals surface area contributed by atoms with Crippen molar-refractivity contribution in [2.45, 2.75) is 6.92 Å².